The van der Waals surface area contributed by atoms with Gasteiger partial charge in [0.2, 0.25) is 0 Å². The van der Waals surface area contributed by atoms with Crippen molar-refractivity contribution in [3.63, 3.8) is 0 Å². The molecule has 0 bridgehead atoms. The Kier molecular flexibility index (Phi) is 8.12. The zero-order valence-corrected chi connectivity index (χ0v) is 17.6. The molecule has 4 rings (SSSR count). The predicted molar refractivity (Wildman–Crippen MR) is 110 cm³/mol. The van der Waals surface area contributed by atoms with Crippen molar-refractivity contribution < 1.29 is 33.7 Å². The quantitative estimate of drug-likeness (QED) is 0.495. The number of rotatable bonds is 9. The monoisotopic (exact) mass is 436 g/mol. The molecule has 0 spiro atoms. The number of amides is 1. The smallest absolute Gasteiger partial charge is 0.407 e. The molecule has 1 aromatic rings. The van der Waals surface area contributed by atoms with Crippen LogP contribution in [0.5, 0.6) is 0 Å². The van der Waals surface area contributed by atoms with Gasteiger partial charge in [-0.3, -0.25) is 4.84 Å². The number of carbonyl (C=O) groups excluding carboxylic acids is 1. The summed E-state index contributed by atoms with van der Waals surface area (Å²) in [7, 11) is 0. The molecule has 3 aliphatic heterocycles. The lowest BCUT2D eigenvalue weighted by Crippen LogP contribution is -2.50. The zero-order valence-electron chi connectivity index (χ0n) is 17.6. The number of hydrogen-bond acceptors (Lipinski definition) is 8. The van der Waals surface area contributed by atoms with Crippen molar-refractivity contribution >= 4 is 6.09 Å². The highest BCUT2D eigenvalue weighted by Gasteiger charge is 2.44. The number of aliphatic hydroxyl groups excluding tert-OH is 1. The molecule has 3 aliphatic rings. The topological polar surface area (TPSA) is 108 Å². The molecule has 31 heavy (non-hydrogen) atoms. The number of alkyl carbamates (subject to hydrolysis) is 1. The number of nitrogens with one attached hydrogen (secondary N) is 2. The Morgan fingerprint density at radius 3 is 2.74 bits per heavy atom. The minimum absolute atomic E-state index is 0.0652. The van der Waals surface area contributed by atoms with E-state index in [1.54, 1.807) is 0 Å². The molecular weight excluding hydrogens is 404 g/mol. The fourth-order valence-electron chi connectivity index (χ4n) is 4.21. The molecule has 9 nitrogen and oxygen atoms in total. The maximum atomic E-state index is 12.6. The number of fused-ring (bicyclic) bond motifs is 1. The van der Waals surface area contributed by atoms with Crippen LogP contribution in [0.15, 0.2) is 30.3 Å². The van der Waals surface area contributed by atoms with Gasteiger partial charge in [-0.05, 0) is 31.2 Å². The Morgan fingerprint density at radius 1 is 1.13 bits per heavy atom. The number of hydroxylamine groups is 1. The molecular formula is C22H32N2O7. The summed E-state index contributed by atoms with van der Waals surface area (Å²) < 4.78 is 21.9. The van der Waals surface area contributed by atoms with Gasteiger partial charge in [-0.1, -0.05) is 30.3 Å². The second-order valence-corrected chi connectivity index (χ2v) is 8.25. The summed E-state index contributed by atoms with van der Waals surface area (Å²) in [6.45, 7) is 2.48. The van der Waals surface area contributed by atoms with E-state index < -0.39 is 18.2 Å². The highest BCUT2D eigenvalue weighted by molar-refractivity contribution is 5.68. The summed E-state index contributed by atoms with van der Waals surface area (Å²) in [6, 6.07) is 9.17. The summed E-state index contributed by atoms with van der Waals surface area (Å²) in [5.74, 6) is 0.0674. The molecule has 0 radical (unpaired) electrons. The van der Waals surface area contributed by atoms with E-state index in [0.29, 0.717) is 32.8 Å². The number of carbonyl (C=O) groups is 1. The van der Waals surface area contributed by atoms with Gasteiger partial charge in [-0.2, -0.15) is 5.48 Å². The summed E-state index contributed by atoms with van der Waals surface area (Å²) in [5.41, 5.74) is 3.87. The number of hydrogen-bond donors (Lipinski definition) is 3. The van der Waals surface area contributed by atoms with Crippen molar-refractivity contribution in [2.45, 2.75) is 56.3 Å². The fraction of sp³-hybridized carbons (Fsp3) is 0.682. The first-order chi connectivity index (χ1) is 15.2. The van der Waals surface area contributed by atoms with Crippen LogP contribution in [0.25, 0.3) is 0 Å². The van der Waals surface area contributed by atoms with Crippen LogP contribution >= 0.6 is 0 Å². The second-order valence-electron chi connectivity index (χ2n) is 8.25. The SMILES string of the molecule is O=C(N[C@@H](Cc1ccccc1)[C@H](O)CNOC1CCOCC1)OC1CO[C@H]2OCC[C@@H]12. The van der Waals surface area contributed by atoms with Gasteiger partial charge < -0.3 is 29.4 Å². The van der Waals surface area contributed by atoms with Crippen LogP contribution in [0, 0.1) is 5.92 Å². The van der Waals surface area contributed by atoms with Crippen LogP contribution in [-0.4, -0.2) is 74.8 Å². The molecule has 1 amide bonds. The number of benzene rings is 1. The Hall–Kier alpha value is -1.75. The van der Waals surface area contributed by atoms with Crippen molar-refractivity contribution in [1.82, 2.24) is 10.8 Å². The van der Waals surface area contributed by atoms with Crippen LogP contribution in [0.2, 0.25) is 0 Å². The van der Waals surface area contributed by atoms with Crippen molar-refractivity contribution in [1.29, 1.82) is 0 Å². The average Bonchev–Trinajstić information content (AvgIpc) is 3.40. The summed E-state index contributed by atoms with van der Waals surface area (Å²) in [6.07, 6.45) is 0.926. The van der Waals surface area contributed by atoms with E-state index >= 15 is 0 Å². The highest BCUT2D eigenvalue weighted by atomic mass is 16.7. The maximum Gasteiger partial charge on any atom is 0.407 e. The summed E-state index contributed by atoms with van der Waals surface area (Å²) >= 11 is 0. The zero-order chi connectivity index (χ0) is 21.5. The van der Waals surface area contributed by atoms with Crippen LogP contribution < -0.4 is 10.8 Å². The van der Waals surface area contributed by atoms with E-state index in [0.717, 1.165) is 24.8 Å². The molecule has 0 aromatic heterocycles. The van der Waals surface area contributed by atoms with Crippen LogP contribution in [0.3, 0.4) is 0 Å². The third-order valence-electron chi connectivity index (χ3n) is 6.02. The number of aliphatic hydroxyl groups is 1. The molecule has 3 saturated heterocycles. The van der Waals surface area contributed by atoms with Crippen molar-refractivity contribution in [2.75, 3.05) is 33.0 Å². The first-order valence-corrected chi connectivity index (χ1v) is 11.1. The normalized spacial score (nSPS) is 28.1. The van der Waals surface area contributed by atoms with Gasteiger partial charge in [-0.15, -0.1) is 0 Å². The third kappa shape index (κ3) is 6.38. The lowest BCUT2D eigenvalue weighted by molar-refractivity contribution is -0.0907. The van der Waals surface area contributed by atoms with E-state index in [1.807, 2.05) is 30.3 Å². The predicted octanol–water partition coefficient (Wildman–Crippen LogP) is 1.15. The molecule has 0 aliphatic carbocycles. The van der Waals surface area contributed by atoms with Gasteiger partial charge in [0, 0.05) is 19.8 Å². The van der Waals surface area contributed by atoms with E-state index in [-0.39, 0.29) is 31.0 Å². The van der Waals surface area contributed by atoms with E-state index in [9.17, 15) is 9.90 Å². The summed E-state index contributed by atoms with van der Waals surface area (Å²) in [5, 5.41) is 13.6. The lowest BCUT2D eigenvalue weighted by atomic mass is 10.0. The van der Waals surface area contributed by atoms with Gasteiger partial charge in [0.25, 0.3) is 0 Å². The molecule has 0 saturated carbocycles. The standard InChI is InChI=1S/C22H32N2O7/c25-19(13-23-31-16-6-9-27-10-7-16)18(12-15-4-2-1-3-5-15)24-22(26)30-20-14-29-21-17(20)8-11-28-21/h1-5,16-21,23,25H,6-14H2,(H,24,26)/t17-,18-,19+,20?,21+/m0/s1. The highest BCUT2D eigenvalue weighted by Crippen LogP contribution is 2.33. The maximum absolute atomic E-state index is 12.6. The molecule has 5 atom stereocenters. The molecule has 172 valence electrons. The molecule has 1 aromatic carbocycles. The van der Waals surface area contributed by atoms with Gasteiger partial charge in [0.1, 0.15) is 6.10 Å². The number of ether oxygens (including phenoxy) is 4. The fourth-order valence-corrected chi connectivity index (χ4v) is 4.21. The average molecular weight is 437 g/mol. The molecule has 3 heterocycles. The van der Waals surface area contributed by atoms with Crippen molar-refractivity contribution in [3.05, 3.63) is 35.9 Å². The van der Waals surface area contributed by atoms with E-state index in [1.165, 1.54) is 0 Å². The van der Waals surface area contributed by atoms with Crippen LogP contribution in [0.4, 0.5) is 4.79 Å². The molecule has 9 heteroatoms. The van der Waals surface area contributed by atoms with E-state index in [2.05, 4.69) is 10.8 Å². The summed E-state index contributed by atoms with van der Waals surface area (Å²) in [4.78, 5) is 18.3. The Labute approximate surface area is 182 Å². The Morgan fingerprint density at radius 2 is 1.94 bits per heavy atom. The second kappa shape index (κ2) is 11.2. The molecule has 1 unspecified atom stereocenters. The first-order valence-electron chi connectivity index (χ1n) is 11.1. The van der Waals surface area contributed by atoms with Gasteiger partial charge in [0.15, 0.2) is 6.29 Å². The largest absolute Gasteiger partial charge is 0.443 e. The van der Waals surface area contributed by atoms with Crippen LogP contribution in [-0.2, 0) is 30.2 Å². The minimum atomic E-state index is -0.866. The third-order valence-corrected chi connectivity index (χ3v) is 6.02. The van der Waals surface area contributed by atoms with Crippen molar-refractivity contribution in [3.8, 4) is 0 Å². The lowest BCUT2D eigenvalue weighted by Gasteiger charge is -2.27. The van der Waals surface area contributed by atoms with E-state index in [4.69, 9.17) is 23.8 Å². The van der Waals surface area contributed by atoms with Gasteiger partial charge >= 0.3 is 6.09 Å². The molecule has 3 fully saturated rings. The Bertz CT molecular complexity index is 686. The van der Waals surface area contributed by atoms with Gasteiger partial charge in [0.05, 0.1) is 37.4 Å². The van der Waals surface area contributed by atoms with Crippen molar-refractivity contribution in [2.24, 2.45) is 5.92 Å². The van der Waals surface area contributed by atoms with Crippen LogP contribution in [0.1, 0.15) is 24.8 Å². The first kappa shape index (κ1) is 22.4. The Balaban J connectivity index is 1.30. The minimum Gasteiger partial charge on any atom is -0.443 e. The van der Waals surface area contributed by atoms with Gasteiger partial charge in [-0.25, -0.2) is 4.79 Å². The molecule has 3 N–H and O–H groups in total.